The molecule has 6 nitrogen and oxygen atoms in total. The summed E-state index contributed by atoms with van der Waals surface area (Å²) in [6, 6.07) is -0.161. The lowest BCUT2D eigenvalue weighted by Crippen LogP contribution is -2.33. The minimum absolute atomic E-state index is 0.0510. The molecule has 0 saturated carbocycles. The van der Waals surface area contributed by atoms with Gasteiger partial charge in [-0.15, -0.1) is 6.58 Å². The second-order valence-electron chi connectivity index (χ2n) is 3.84. The Bertz CT molecular complexity index is 378. The summed E-state index contributed by atoms with van der Waals surface area (Å²) in [6.45, 7) is 5.10. The highest BCUT2D eigenvalue weighted by Crippen LogP contribution is 2.23. The molecule has 2 bridgehead atoms. The van der Waals surface area contributed by atoms with Gasteiger partial charge in [0.1, 0.15) is 0 Å². The highest BCUT2D eigenvalue weighted by atomic mass is 16.7. The van der Waals surface area contributed by atoms with Gasteiger partial charge in [-0.05, 0) is 6.08 Å². The Morgan fingerprint density at radius 2 is 2.53 bits per heavy atom. The number of nitrogens with one attached hydrogen (secondary N) is 1. The fourth-order valence-corrected chi connectivity index (χ4v) is 1.94. The van der Waals surface area contributed by atoms with Crippen LogP contribution in [-0.2, 0) is 4.84 Å². The second kappa shape index (κ2) is 4.92. The summed E-state index contributed by atoms with van der Waals surface area (Å²) in [5.41, 5.74) is 6.20. The van der Waals surface area contributed by atoms with Crippen LogP contribution >= 0.6 is 0 Å². The van der Waals surface area contributed by atoms with Crippen LogP contribution in [0, 0.1) is 0 Å². The number of carbonyl (C=O) groups excluding carboxylic acids is 1. The highest BCUT2D eigenvalue weighted by Gasteiger charge is 2.40. The number of hydrogen-bond donors (Lipinski definition) is 2. The maximum atomic E-state index is 11.9. The summed E-state index contributed by atoms with van der Waals surface area (Å²) in [7, 11) is 0. The maximum Gasteiger partial charge on any atom is 0.345 e. The normalized spacial score (nSPS) is 23.2. The van der Waals surface area contributed by atoms with E-state index in [0.29, 0.717) is 19.7 Å². The Labute approximate surface area is 99.9 Å². The smallest absolute Gasteiger partial charge is 0.345 e. The van der Waals surface area contributed by atoms with E-state index in [0.717, 1.165) is 5.70 Å². The van der Waals surface area contributed by atoms with Crippen molar-refractivity contribution in [1.29, 1.82) is 0 Å². The van der Waals surface area contributed by atoms with Crippen LogP contribution in [0.15, 0.2) is 36.8 Å². The average molecular weight is 236 g/mol. The molecule has 2 aliphatic rings. The van der Waals surface area contributed by atoms with Crippen LogP contribution in [0.5, 0.6) is 0 Å². The number of amides is 2. The Kier molecular flexibility index (Phi) is 3.34. The van der Waals surface area contributed by atoms with Crippen molar-refractivity contribution in [3.63, 3.8) is 0 Å². The molecule has 3 N–H and O–H groups in total. The molecule has 0 radical (unpaired) electrons. The van der Waals surface area contributed by atoms with E-state index in [2.05, 4.69) is 11.9 Å². The van der Waals surface area contributed by atoms with Gasteiger partial charge in [0.15, 0.2) is 0 Å². The maximum absolute atomic E-state index is 11.9. The zero-order valence-corrected chi connectivity index (χ0v) is 9.50. The molecule has 2 amide bonds. The van der Waals surface area contributed by atoms with Crippen molar-refractivity contribution in [1.82, 2.24) is 15.3 Å². The van der Waals surface area contributed by atoms with Crippen molar-refractivity contribution < 1.29 is 9.63 Å². The number of nitrogens with two attached hydrogens (primary N) is 1. The predicted octanol–water partition coefficient (Wildman–Crippen LogP) is 0.127. The van der Waals surface area contributed by atoms with Crippen LogP contribution < -0.4 is 11.1 Å². The number of rotatable bonds is 5. The molecule has 6 heteroatoms. The van der Waals surface area contributed by atoms with Crippen molar-refractivity contribution in [2.45, 2.75) is 6.04 Å². The van der Waals surface area contributed by atoms with Gasteiger partial charge in [0.2, 0.25) is 0 Å². The first-order chi connectivity index (χ1) is 8.26. The average Bonchev–Trinajstić information content (AvgIpc) is 2.56. The van der Waals surface area contributed by atoms with Gasteiger partial charge in [-0.2, -0.15) is 5.06 Å². The first-order valence-electron chi connectivity index (χ1n) is 5.42. The Morgan fingerprint density at radius 1 is 1.71 bits per heavy atom. The Morgan fingerprint density at radius 3 is 3.24 bits per heavy atom. The number of hydrogen-bond acceptors (Lipinski definition) is 4. The monoisotopic (exact) mass is 236 g/mol. The molecule has 2 rings (SSSR count). The number of urea groups is 1. The summed E-state index contributed by atoms with van der Waals surface area (Å²) in [4.78, 5) is 19.0. The molecule has 1 atom stereocenters. The van der Waals surface area contributed by atoms with E-state index in [4.69, 9.17) is 10.6 Å². The minimum atomic E-state index is -0.110. The fourth-order valence-electron chi connectivity index (χ4n) is 1.94. The van der Waals surface area contributed by atoms with Gasteiger partial charge in [-0.1, -0.05) is 6.08 Å². The molecule has 1 unspecified atom stereocenters. The summed E-state index contributed by atoms with van der Waals surface area (Å²) in [5.74, 6) is 0. The van der Waals surface area contributed by atoms with Crippen LogP contribution in [0.2, 0.25) is 0 Å². The van der Waals surface area contributed by atoms with Crippen LogP contribution in [0.25, 0.3) is 0 Å². The summed E-state index contributed by atoms with van der Waals surface area (Å²) in [5, 5.41) is 4.42. The molecular formula is C11H16N4O2. The largest absolute Gasteiger partial charge is 0.403 e. The highest BCUT2D eigenvalue weighted by molar-refractivity contribution is 5.77. The molecule has 2 heterocycles. The summed E-state index contributed by atoms with van der Waals surface area (Å²) >= 11 is 0. The van der Waals surface area contributed by atoms with Crippen molar-refractivity contribution in [3.05, 3.63) is 36.8 Å². The molecule has 0 aromatic rings. The molecule has 1 fully saturated rings. The van der Waals surface area contributed by atoms with Crippen molar-refractivity contribution in [2.24, 2.45) is 5.73 Å². The molecule has 92 valence electrons. The van der Waals surface area contributed by atoms with E-state index in [-0.39, 0.29) is 12.1 Å². The van der Waals surface area contributed by atoms with Crippen LogP contribution in [0.4, 0.5) is 4.79 Å². The number of nitrogens with zero attached hydrogens (tertiary/aromatic N) is 2. The van der Waals surface area contributed by atoms with E-state index >= 15 is 0 Å². The molecule has 1 saturated heterocycles. The zero-order chi connectivity index (χ0) is 12.3. The third-order valence-corrected chi connectivity index (χ3v) is 2.62. The first kappa shape index (κ1) is 11.5. The number of fused-ring (bicyclic) bond motifs is 2. The van der Waals surface area contributed by atoms with Gasteiger partial charge in [-0.3, -0.25) is 4.84 Å². The van der Waals surface area contributed by atoms with Gasteiger partial charge in [0, 0.05) is 24.6 Å². The SMILES string of the molecule is C=CCON1C(=O)N2CC(N/C=C\N)=CC1C2. The third-order valence-electron chi connectivity index (χ3n) is 2.62. The second-order valence-corrected chi connectivity index (χ2v) is 3.84. The lowest BCUT2D eigenvalue weighted by molar-refractivity contribution is -0.107. The topological polar surface area (TPSA) is 70.8 Å². The molecule has 0 spiro atoms. The molecule has 2 aliphatic heterocycles. The standard InChI is InChI=1S/C11H16N4O2/c1-2-5-17-15-10-6-9(13-4-3-12)7-14(8-10)11(15)16/h2-4,6,10,13H,1,5,7-8,12H2/b4-3-. The lowest BCUT2D eigenvalue weighted by atomic mass is 10.2. The van der Waals surface area contributed by atoms with Gasteiger partial charge >= 0.3 is 6.03 Å². The number of hydroxylamine groups is 2. The quantitative estimate of drug-likeness (QED) is 0.665. The Hall–Kier alpha value is -1.95. The van der Waals surface area contributed by atoms with Crippen LogP contribution in [0.1, 0.15) is 0 Å². The van der Waals surface area contributed by atoms with Crippen LogP contribution in [-0.4, -0.2) is 41.7 Å². The molecule has 0 aliphatic carbocycles. The van der Waals surface area contributed by atoms with Gasteiger partial charge in [0.25, 0.3) is 0 Å². The Balaban J connectivity index is 2.06. The van der Waals surface area contributed by atoms with E-state index in [1.807, 2.05) is 6.08 Å². The molecule has 0 aromatic heterocycles. The molecule has 0 aromatic carbocycles. The zero-order valence-electron chi connectivity index (χ0n) is 9.50. The van der Waals surface area contributed by atoms with Crippen molar-refractivity contribution >= 4 is 6.03 Å². The van der Waals surface area contributed by atoms with E-state index in [1.54, 1.807) is 17.2 Å². The van der Waals surface area contributed by atoms with E-state index in [9.17, 15) is 4.79 Å². The third kappa shape index (κ3) is 2.26. The van der Waals surface area contributed by atoms with Crippen molar-refractivity contribution in [3.8, 4) is 0 Å². The van der Waals surface area contributed by atoms with Gasteiger partial charge in [-0.25, -0.2) is 4.79 Å². The minimum Gasteiger partial charge on any atom is -0.403 e. The lowest BCUT2D eigenvalue weighted by Gasteiger charge is -2.21. The van der Waals surface area contributed by atoms with Crippen molar-refractivity contribution in [2.75, 3.05) is 19.7 Å². The molecule has 17 heavy (non-hydrogen) atoms. The molecular weight excluding hydrogens is 220 g/mol. The fraction of sp³-hybridized carbons (Fsp3) is 0.364. The number of carbonyl (C=O) groups is 1. The van der Waals surface area contributed by atoms with Gasteiger partial charge < -0.3 is 16.0 Å². The van der Waals surface area contributed by atoms with E-state index in [1.165, 1.54) is 11.3 Å². The predicted molar refractivity (Wildman–Crippen MR) is 63.3 cm³/mol. The van der Waals surface area contributed by atoms with Crippen LogP contribution in [0.3, 0.4) is 0 Å². The first-order valence-corrected chi connectivity index (χ1v) is 5.42. The summed E-state index contributed by atoms with van der Waals surface area (Å²) < 4.78 is 0. The van der Waals surface area contributed by atoms with Gasteiger partial charge in [0.05, 0.1) is 19.2 Å². The summed E-state index contributed by atoms with van der Waals surface area (Å²) in [6.07, 6.45) is 6.65. The van der Waals surface area contributed by atoms with E-state index < -0.39 is 0 Å².